The molecular formula is C16H18FNO. The highest BCUT2D eigenvalue weighted by molar-refractivity contribution is 5.46. The molecule has 0 aliphatic carbocycles. The van der Waals surface area contributed by atoms with Crippen LogP contribution in [-0.2, 0) is 0 Å². The summed E-state index contributed by atoms with van der Waals surface area (Å²) in [6.45, 7) is 1.97. The largest absolute Gasteiger partial charge is 0.394 e. The zero-order chi connectivity index (χ0) is 13.7. The van der Waals surface area contributed by atoms with Crippen LogP contribution in [0, 0.1) is 5.82 Å². The first-order valence-electron chi connectivity index (χ1n) is 6.39. The fourth-order valence-electron chi connectivity index (χ4n) is 2.10. The predicted octanol–water partition coefficient (Wildman–Crippen LogP) is 3.40. The number of anilines is 1. The van der Waals surface area contributed by atoms with Crippen molar-refractivity contribution in [2.45, 2.75) is 18.9 Å². The molecule has 0 bridgehead atoms. The van der Waals surface area contributed by atoms with Gasteiger partial charge in [-0.1, -0.05) is 49.4 Å². The van der Waals surface area contributed by atoms with Gasteiger partial charge in [-0.3, -0.25) is 0 Å². The van der Waals surface area contributed by atoms with Gasteiger partial charge in [-0.15, -0.1) is 0 Å². The van der Waals surface area contributed by atoms with Gasteiger partial charge in [0.1, 0.15) is 5.82 Å². The molecule has 19 heavy (non-hydrogen) atoms. The van der Waals surface area contributed by atoms with E-state index in [4.69, 9.17) is 0 Å². The monoisotopic (exact) mass is 259 g/mol. The maximum atomic E-state index is 13.6. The van der Waals surface area contributed by atoms with Crippen molar-refractivity contribution in [1.82, 2.24) is 0 Å². The first kappa shape index (κ1) is 13.6. The van der Waals surface area contributed by atoms with Gasteiger partial charge < -0.3 is 10.4 Å². The molecule has 0 saturated heterocycles. The first-order chi connectivity index (χ1) is 9.22. The Balaban J connectivity index is 2.15. The minimum Gasteiger partial charge on any atom is -0.394 e. The van der Waals surface area contributed by atoms with Gasteiger partial charge in [-0.2, -0.15) is 0 Å². The summed E-state index contributed by atoms with van der Waals surface area (Å²) in [4.78, 5) is 0. The number of aliphatic hydroxyl groups is 1. The van der Waals surface area contributed by atoms with Gasteiger partial charge in [0, 0.05) is 5.92 Å². The van der Waals surface area contributed by atoms with Crippen LogP contribution in [0.25, 0.3) is 0 Å². The Bertz CT molecular complexity index is 515. The first-order valence-corrected chi connectivity index (χ1v) is 6.39. The van der Waals surface area contributed by atoms with Gasteiger partial charge in [0.25, 0.3) is 0 Å². The van der Waals surface area contributed by atoms with Gasteiger partial charge in [0.05, 0.1) is 18.3 Å². The molecule has 0 aromatic heterocycles. The van der Waals surface area contributed by atoms with E-state index >= 15 is 0 Å². The van der Waals surface area contributed by atoms with Crippen molar-refractivity contribution >= 4 is 5.69 Å². The summed E-state index contributed by atoms with van der Waals surface area (Å²) < 4.78 is 13.6. The number of nitrogens with one attached hydrogen (secondary N) is 1. The lowest BCUT2D eigenvalue weighted by Gasteiger charge is -2.25. The molecule has 0 saturated carbocycles. The molecule has 0 radical (unpaired) electrons. The highest BCUT2D eigenvalue weighted by Gasteiger charge is 2.18. The number of hydrogen-bond acceptors (Lipinski definition) is 2. The van der Waals surface area contributed by atoms with Crippen LogP contribution in [0.3, 0.4) is 0 Å². The van der Waals surface area contributed by atoms with Crippen molar-refractivity contribution in [2.24, 2.45) is 0 Å². The van der Waals surface area contributed by atoms with E-state index in [0.717, 1.165) is 5.56 Å². The SMILES string of the molecule is CC(c1ccccc1)C(CO)Nc1ccccc1F. The quantitative estimate of drug-likeness (QED) is 0.862. The van der Waals surface area contributed by atoms with Crippen molar-refractivity contribution in [3.8, 4) is 0 Å². The molecule has 0 fully saturated rings. The van der Waals surface area contributed by atoms with Gasteiger partial charge in [-0.25, -0.2) is 4.39 Å². The zero-order valence-corrected chi connectivity index (χ0v) is 10.9. The Morgan fingerprint density at radius 1 is 1.05 bits per heavy atom. The van der Waals surface area contributed by atoms with E-state index in [1.807, 2.05) is 37.3 Å². The van der Waals surface area contributed by atoms with Crippen molar-refractivity contribution < 1.29 is 9.50 Å². The van der Waals surface area contributed by atoms with E-state index < -0.39 is 0 Å². The molecule has 2 unspecified atom stereocenters. The molecule has 0 spiro atoms. The molecule has 2 aromatic carbocycles. The van der Waals surface area contributed by atoms with E-state index in [1.165, 1.54) is 6.07 Å². The highest BCUT2D eigenvalue weighted by Crippen LogP contribution is 2.23. The standard InChI is InChI=1S/C16H18FNO/c1-12(13-7-3-2-4-8-13)16(11-19)18-15-10-6-5-9-14(15)17/h2-10,12,16,18-19H,11H2,1H3. The van der Waals surface area contributed by atoms with Crippen molar-refractivity contribution in [1.29, 1.82) is 0 Å². The van der Waals surface area contributed by atoms with E-state index in [-0.39, 0.29) is 24.4 Å². The maximum Gasteiger partial charge on any atom is 0.146 e. The van der Waals surface area contributed by atoms with Gasteiger partial charge >= 0.3 is 0 Å². The van der Waals surface area contributed by atoms with E-state index in [9.17, 15) is 9.50 Å². The van der Waals surface area contributed by atoms with Crippen LogP contribution in [0.4, 0.5) is 10.1 Å². The zero-order valence-electron chi connectivity index (χ0n) is 10.9. The molecule has 2 N–H and O–H groups in total. The Morgan fingerprint density at radius 3 is 2.32 bits per heavy atom. The van der Waals surface area contributed by atoms with Crippen LogP contribution in [0.15, 0.2) is 54.6 Å². The van der Waals surface area contributed by atoms with Crippen molar-refractivity contribution in [2.75, 3.05) is 11.9 Å². The third-order valence-corrected chi connectivity index (χ3v) is 3.34. The molecule has 100 valence electrons. The molecule has 0 amide bonds. The van der Waals surface area contributed by atoms with Crippen LogP contribution in [-0.4, -0.2) is 17.8 Å². The maximum absolute atomic E-state index is 13.6. The predicted molar refractivity (Wildman–Crippen MR) is 75.8 cm³/mol. The lowest BCUT2D eigenvalue weighted by molar-refractivity contribution is 0.261. The Labute approximate surface area is 112 Å². The van der Waals surface area contributed by atoms with Crippen molar-refractivity contribution in [3.05, 3.63) is 66.0 Å². The second kappa shape index (κ2) is 6.34. The Hall–Kier alpha value is -1.87. The summed E-state index contributed by atoms with van der Waals surface area (Å²) >= 11 is 0. The Kier molecular flexibility index (Phi) is 4.53. The normalized spacial score (nSPS) is 13.8. The molecule has 2 atom stereocenters. The van der Waals surface area contributed by atoms with Crippen LogP contribution in [0.2, 0.25) is 0 Å². The number of hydrogen-bond donors (Lipinski definition) is 2. The number of benzene rings is 2. The average Bonchev–Trinajstić information content (AvgIpc) is 2.47. The second-order valence-electron chi connectivity index (χ2n) is 4.61. The topological polar surface area (TPSA) is 32.3 Å². The molecule has 2 aromatic rings. The number of rotatable bonds is 5. The Morgan fingerprint density at radius 2 is 1.68 bits per heavy atom. The molecule has 0 aliphatic heterocycles. The third kappa shape index (κ3) is 3.32. The van der Waals surface area contributed by atoms with E-state index in [2.05, 4.69) is 5.32 Å². The van der Waals surface area contributed by atoms with Crippen LogP contribution in [0.1, 0.15) is 18.4 Å². The molecule has 0 aliphatic rings. The summed E-state index contributed by atoms with van der Waals surface area (Å²) in [6, 6.07) is 16.2. The highest BCUT2D eigenvalue weighted by atomic mass is 19.1. The summed E-state index contributed by atoms with van der Waals surface area (Å²) in [5.41, 5.74) is 1.54. The summed E-state index contributed by atoms with van der Waals surface area (Å²) in [7, 11) is 0. The second-order valence-corrected chi connectivity index (χ2v) is 4.61. The molecule has 3 heteroatoms. The lowest BCUT2D eigenvalue weighted by atomic mass is 9.93. The fraction of sp³-hybridized carbons (Fsp3) is 0.250. The summed E-state index contributed by atoms with van der Waals surface area (Å²) in [5.74, 6) is -0.216. The summed E-state index contributed by atoms with van der Waals surface area (Å²) in [5, 5.41) is 12.6. The minimum absolute atomic E-state index is 0.0512. The number of halogens is 1. The lowest BCUT2D eigenvalue weighted by Crippen LogP contribution is -2.30. The molecule has 2 rings (SSSR count). The number of aliphatic hydroxyl groups excluding tert-OH is 1. The van der Waals surface area contributed by atoms with Gasteiger partial charge in [-0.05, 0) is 17.7 Å². The van der Waals surface area contributed by atoms with E-state index in [0.29, 0.717) is 5.69 Å². The third-order valence-electron chi connectivity index (χ3n) is 3.34. The molecule has 2 nitrogen and oxygen atoms in total. The minimum atomic E-state index is -0.304. The number of para-hydroxylation sites is 1. The van der Waals surface area contributed by atoms with Crippen molar-refractivity contribution in [3.63, 3.8) is 0 Å². The van der Waals surface area contributed by atoms with Crippen LogP contribution < -0.4 is 5.32 Å². The smallest absolute Gasteiger partial charge is 0.146 e. The van der Waals surface area contributed by atoms with Crippen LogP contribution >= 0.6 is 0 Å². The van der Waals surface area contributed by atoms with E-state index in [1.54, 1.807) is 18.2 Å². The van der Waals surface area contributed by atoms with Gasteiger partial charge in [0.15, 0.2) is 0 Å². The average molecular weight is 259 g/mol. The molecular weight excluding hydrogens is 241 g/mol. The van der Waals surface area contributed by atoms with Crippen LogP contribution in [0.5, 0.6) is 0 Å². The fourth-order valence-corrected chi connectivity index (χ4v) is 2.10. The molecule has 0 heterocycles. The summed E-state index contributed by atoms with van der Waals surface area (Å²) in [6.07, 6.45) is 0. The van der Waals surface area contributed by atoms with Gasteiger partial charge in [0.2, 0.25) is 0 Å².